The van der Waals surface area contributed by atoms with Crippen LogP contribution in [0.3, 0.4) is 0 Å². The highest BCUT2D eigenvalue weighted by molar-refractivity contribution is 9.10. The number of ether oxygens (including phenoxy) is 3. The molecule has 1 atom stereocenters. The van der Waals surface area contributed by atoms with E-state index >= 15 is 0 Å². The van der Waals surface area contributed by atoms with E-state index in [9.17, 15) is 9.59 Å². The number of carbonyl (C=O) groups is 2. The second-order valence-electron chi connectivity index (χ2n) is 5.25. The summed E-state index contributed by atoms with van der Waals surface area (Å²) in [6.07, 6.45) is 1.84. The number of hydrogen-bond donors (Lipinski definition) is 0. The van der Waals surface area contributed by atoms with E-state index in [1.54, 1.807) is 24.3 Å². The van der Waals surface area contributed by atoms with Crippen LogP contribution in [-0.2, 0) is 9.47 Å². The van der Waals surface area contributed by atoms with E-state index in [1.165, 1.54) is 12.1 Å². The van der Waals surface area contributed by atoms with Gasteiger partial charge in [-0.1, -0.05) is 6.07 Å². The summed E-state index contributed by atoms with van der Waals surface area (Å²) in [6.45, 7) is 0.930. The van der Waals surface area contributed by atoms with Crippen LogP contribution in [0.5, 0.6) is 5.75 Å². The van der Waals surface area contributed by atoms with Crippen LogP contribution in [0.4, 0.5) is 0 Å². The molecule has 0 N–H and O–H groups in total. The molecule has 2 heterocycles. The molecule has 0 amide bonds. The molecule has 7 heteroatoms. The number of furan rings is 1. The minimum absolute atomic E-state index is 0.0349. The topological polar surface area (TPSA) is 75.0 Å². The predicted molar refractivity (Wildman–Crippen MR) is 87.1 cm³/mol. The van der Waals surface area contributed by atoms with Crippen molar-refractivity contribution < 1.29 is 28.2 Å². The normalized spacial score (nSPS) is 16.8. The number of hydrogen-bond acceptors (Lipinski definition) is 6. The van der Waals surface area contributed by atoms with Gasteiger partial charge in [-0.05, 0) is 59.1 Å². The summed E-state index contributed by atoms with van der Waals surface area (Å²) in [4.78, 5) is 24.0. The molecule has 1 aromatic heterocycles. The van der Waals surface area contributed by atoms with E-state index in [0.717, 1.165) is 12.8 Å². The number of rotatable bonds is 5. The molecule has 0 spiro atoms. The Kier molecular flexibility index (Phi) is 5.32. The Labute approximate surface area is 146 Å². The summed E-state index contributed by atoms with van der Waals surface area (Å²) in [7, 11) is 0. The van der Waals surface area contributed by atoms with Gasteiger partial charge >= 0.3 is 11.9 Å². The Hall–Kier alpha value is -2.12. The second kappa shape index (κ2) is 7.63. The molecule has 1 saturated heterocycles. The van der Waals surface area contributed by atoms with E-state index in [4.69, 9.17) is 18.6 Å². The number of esters is 2. The number of benzene rings is 1. The molecule has 1 fully saturated rings. The number of carbonyl (C=O) groups excluding carboxylic acids is 2. The molecule has 0 bridgehead atoms. The molecule has 6 nitrogen and oxygen atoms in total. The van der Waals surface area contributed by atoms with Gasteiger partial charge in [0.2, 0.25) is 5.76 Å². The van der Waals surface area contributed by atoms with Gasteiger partial charge in [-0.3, -0.25) is 0 Å². The molecule has 126 valence electrons. The van der Waals surface area contributed by atoms with Crippen molar-refractivity contribution >= 4 is 27.9 Å². The maximum Gasteiger partial charge on any atom is 0.379 e. The van der Waals surface area contributed by atoms with Gasteiger partial charge < -0.3 is 18.6 Å². The fourth-order valence-electron chi connectivity index (χ4n) is 2.30. The van der Waals surface area contributed by atoms with Crippen molar-refractivity contribution in [2.75, 3.05) is 13.2 Å². The maximum atomic E-state index is 12.1. The lowest BCUT2D eigenvalue weighted by molar-refractivity contribution is 0.0161. The van der Waals surface area contributed by atoms with E-state index in [-0.39, 0.29) is 24.2 Å². The molecule has 1 aliphatic rings. The van der Waals surface area contributed by atoms with Crippen molar-refractivity contribution in [1.29, 1.82) is 0 Å². The van der Waals surface area contributed by atoms with Gasteiger partial charge in [-0.2, -0.15) is 0 Å². The summed E-state index contributed by atoms with van der Waals surface area (Å²) >= 11 is 3.12. The Bertz CT molecular complexity index is 732. The molecule has 0 aliphatic carbocycles. The highest BCUT2D eigenvalue weighted by atomic mass is 79.9. The van der Waals surface area contributed by atoms with Crippen LogP contribution >= 0.6 is 15.9 Å². The van der Waals surface area contributed by atoms with E-state index in [2.05, 4.69) is 15.9 Å². The lowest BCUT2D eigenvalue weighted by Crippen LogP contribution is -2.18. The minimum atomic E-state index is -0.648. The average molecular weight is 395 g/mol. The summed E-state index contributed by atoms with van der Waals surface area (Å²) in [5.41, 5.74) is 0.305. The fraction of sp³-hybridized carbons (Fsp3) is 0.294. The molecule has 0 saturated carbocycles. The molecular formula is C17H15BrO6. The molecule has 0 radical (unpaired) electrons. The largest absolute Gasteiger partial charge is 0.459 e. The zero-order valence-corrected chi connectivity index (χ0v) is 14.3. The molecule has 2 aromatic rings. The van der Waals surface area contributed by atoms with Crippen molar-refractivity contribution in [3.63, 3.8) is 0 Å². The SMILES string of the molecule is O=C(OCC1CCCO1)c1cccc(OC(=O)c2ccc(Br)o2)c1. The first-order valence-electron chi connectivity index (χ1n) is 7.48. The average Bonchev–Trinajstić information content (AvgIpc) is 3.24. The van der Waals surface area contributed by atoms with E-state index in [1.807, 2.05) is 0 Å². The van der Waals surface area contributed by atoms with Crippen LogP contribution < -0.4 is 4.74 Å². The van der Waals surface area contributed by atoms with Crippen LogP contribution in [0.15, 0.2) is 45.5 Å². The zero-order valence-electron chi connectivity index (χ0n) is 12.7. The summed E-state index contributed by atoms with van der Waals surface area (Å²) in [5, 5.41) is 0. The van der Waals surface area contributed by atoms with Crippen LogP contribution in [-0.4, -0.2) is 31.3 Å². The summed E-state index contributed by atoms with van der Waals surface area (Å²) in [6, 6.07) is 9.32. The molecule has 3 rings (SSSR count). The minimum Gasteiger partial charge on any atom is -0.459 e. The quantitative estimate of drug-likeness (QED) is 0.569. The predicted octanol–water partition coefficient (Wildman–Crippen LogP) is 3.60. The van der Waals surface area contributed by atoms with E-state index < -0.39 is 11.9 Å². The molecule has 1 unspecified atom stereocenters. The van der Waals surface area contributed by atoms with Crippen molar-refractivity contribution in [3.8, 4) is 5.75 Å². The van der Waals surface area contributed by atoms with Crippen LogP contribution in [0, 0.1) is 0 Å². The molecular weight excluding hydrogens is 380 g/mol. The van der Waals surface area contributed by atoms with Crippen LogP contribution in [0.2, 0.25) is 0 Å². The van der Waals surface area contributed by atoms with Gasteiger partial charge in [-0.15, -0.1) is 0 Å². The third-order valence-electron chi connectivity index (χ3n) is 3.48. The van der Waals surface area contributed by atoms with Gasteiger partial charge in [0.1, 0.15) is 12.4 Å². The van der Waals surface area contributed by atoms with Gasteiger partial charge in [0.25, 0.3) is 0 Å². The van der Waals surface area contributed by atoms with Crippen LogP contribution in [0.1, 0.15) is 33.8 Å². The van der Waals surface area contributed by atoms with Crippen molar-refractivity contribution in [1.82, 2.24) is 0 Å². The number of halogens is 1. The first kappa shape index (κ1) is 16.7. The van der Waals surface area contributed by atoms with Gasteiger partial charge in [0.05, 0.1) is 11.7 Å². The Morgan fingerprint density at radius 1 is 1.21 bits per heavy atom. The lowest BCUT2D eigenvalue weighted by atomic mass is 10.2. The zero-order chi connectivity index (χ0) is 16.9. The monoisotopic (exact) mass is 394 g/mol. The molecule has 1 aliphatic heterocycles. The van der Waals surface area contributed by atoms with Gasteiger partial charge in [0.15, 0.2) is 4.67 Å². The third kappa shape index (κ3) is 4.24. The molecule has 24 heavy (non-hydrogen) atoms. The second-order valence-corrected chi connectivity index (χ2v) is 6.04. The lowest BCUT2D eigenvalue weighted by Gasteiger charge is -2.10. The Morgan fingerprint density at radius 3 is 2.79 bits per heavy atom. The van der Waals surface area contributed by atoms with Crippen molar-refractivity contribution in [2.24, 2.45) is 0 Å². The first-order chi connectivity index (χ1) is 11.6. The standard InChI is InChI=1S/C17H15BrO6/c18-15-7-6-14(24-15)17(20)23-12-4-1-3-11(9-12)16(19)22-10-13-5-2-8-21-13/h1,3-4,6-7,9,13H,2,5,8,10H2. The Morgan fingerprint density at radius 2 is 2.08 bits per heavy atom. The highest BCUT2D eigenvalue weighted by Gasteiger charge is 2.19. The summed E-state index contributed by atoms with van der Waals surface area (Å²) < 4.78 is 21.4. The van der Waals surface area contributed by atoms with Crippen molar-refractivity contribution in [2.45, 2.75) is 18.9 Å². The first-order valence-corrected chi connectivity index (χ1v) is 8.27. The highest BCUT2D eigenvalue weighted by Crippen LogP contribution is 2.19. The summed E-state index contributed by atoms with van der Waals surface area (Å²) in [5.74, 6) is -0.831. The van der Waals surface area contributed by atoms with Crippen molar-refractivity contribution in [3.05, 3.63) is 52.4 Å². The fourth-order valence-corrected chi connectivity index (χ4v) is 2.60. The third-order valence-corrected chi connectivity index (χ3v) is 3.91. The van der Waals surface area contributed by atoms with E-state index in [0.29, 0.717) is 16.8 Å². The van der Waals surface area contributed by atoms with Gasteiger partial charge in [-0.25, -0.2) is 9.59 Å². The Balaban J connectivity index is 1.60. The maximum absolute atomic E-state index is 12.1. The van der Waals surface area contributed by atoms with Gasteiger partial charge in [0, 0.05) is 6.61 Å². The van der Waals surface area contributed by atoms with Crippen LogP contribution in [0.25, 0.3) is 0 Å². The smallest absolute Gasteiger partial charge is 0.379 e. The molecule has 1 aromatic carbocycles.